The zero-order valence-electron chi connectivity index (χ0n) is 15.8. The summed E-state index contributed by atoms with van der Waals surface area (Å²) in [5.41, 5.74) is 14.8. The van der Waals surface area contributed by atoms with Gasteiger partial charge in [-0.3, -0.25) is 4.79 Å². The van der Waals surface area contributed by atoms with Gasteiger partial charge in [-0.05, 0) is 60.8 Å². The normalized spacial score (nSPS) is 14.2. The van der Waals surface area contributed by atoms with Gasteiger partial charge in [-0.25, -0.2) is 8.78 Å². The minimum Gasteiger partial charge on any atom is -0.350 e. The number of hydrogen-bond acceptors (Lipinski definition) is 3. The van der Waals surface area contributed by atoms with Crippen LogP contribution in [-0.2, 0) is 6.54 Å². The van der Waals surface area contributed by atoms with Crippen molar-refractivity contribution < 1.29 is 13.6 Å². The van der Waals surface area contributed by atoms with Gasteiger partial charge in [0.2, 0.25) is 0 Å². The summed E-state index contributed by atoms with van der Waals surface area (Å²) in [6.45, 7) is 1.10. The molecule has 3 aromatic rings. The molecular weight excluding hydrogens is 398 g/mol. The predicted octanol–water partition coefficient (Wildman–Crippen LogP) is 3.56. The van der Waals surface area contributed by atoms with E-state index in [2.05, 4.69) is 4.98 Å². The summed E-state index contributed by atoms with van der Waals surface area (Å²) in [6, 6.07) is 8.54. The number of benzene rings is 2. The third-order valence-electron chi connectivity index (χ3n) is 5.19. The second-order valence-electron chi connectivity index (χ2n) is 7.24. The lowest BCUT2D eigenvalue weighted by atomic mass is 9.97. The van der Waals surface area contributed by atoms with E-state index in [0.29, 0.717) is 47.2 Å². The largest absolute Gasteiger partial charge is 0.350 e. The molecule has 29 heavy (non-hydrogen) atoms. The van der Waals surface area contributed by atoms with Crippen LogP contribution in [0.1, 0.15) is 28.9 Å². The van der Waals surface area contributed by atoms with Gasteiger partial charge in [0.25, 0.3) is 5.91 Å². The van der Waals surface area contributed by atoms with Gasteiger partial charge >= 0.3 is 0 Å². The molecule has 5 N–H and O–H groups in total. The third kappa shape index (κ3) is 3.99. The van der Waals surface area contributed by atoms with Crippen molar-refractivity contribution >= 4 is 29.2 Å². The van der Waals surface area contributed by atoms with Crippen molar-refractivity contribution in [1.82, 2.24) is 9.88 Å². The minimum atomic E-state index is -0.393. The third-order valence-corrected chi connectivity index (χ3v) is 5.19. The van der Waals surface area contributed by atoms with Gasteiger partial charge in [-0.2, -0.15) is 0 Å². The van der Waals surface area contributed by atoms with E-state index < -0.39 is 5.82 Å². The smallest absolute Gasteiger partial charge is 0.271 e. The molecular formula is C21H23ClF2N4O. The number of halogens is 3. The molecule has 154 valence electrons. The lowest BCUT2D eigenvalue weighted by Gasteiger charge is -2.24. The van der Waals surface area contributed by atoms with E-state index in [1.54, 1.807) is 17.0 Å². The zero-order chi connectivity index (χ0) is 19.8. The fourth-order valence-electron chi connectivity index (χ4n) is 3.88. The van der Waals surface area contributed by atoms with E-state index in [1.165, 1.54) is 24.3 Å². The Morgan fingerprint density at radius 1 is 1.14 bits per heavy atom. The van der Waals surface area contributed by atoms with Crippen LogP contribution in [0, 0.1) is 11.6 Å². The first-order valence-electron chi connectivity index (χ1n) is 9.33. The van der Waals surface area contributed by atoms with Crippen LogP contribution in [0.5, 0.6) is 0 Å². The Kier molecular flexibility index (Phi) is 6.21. The first kappa shape index (κ1) is 21.2. The highest BCUT2D eigenvalue weighted by molar-refractivity contribution is 6.11. The van der Waals surface area contributed by atoms with Gasteiger partial charge < -0.3 is 21.4 Å². The van der Waals surface area contributed by atoms with Crippen LogP contribution in [0.4, 0.5) is 8.78 Å². The van der Waals surface area contributed by atoms with E-state index >= 15 is 0 Å². The molecule has 0 radical (unpaired) electrons. The maximum Gasteiger partial charge on any atom is 0.271 e. The monoisotopic (exact) mass is 420 g/mol. The number of fused-ring (bicyclic) bond motifs is 5. The number of rotatable bonds is 5. The fraction of sp³-hybridized carbons (Fsp3) is 0.286. The molecule has 2 heterocycles. The van der Waals surface area contributed by atoms with E-state index in [9.17, 15) is 13.6 Å². The van der Waals surface area contributed by atoms with E-state index in [0.717, 1.165) is 12.0 Å². The highest BCUT2D eigenvalue weighted by Gasteiger charge is 2.30. The molecule has 1 aliphatic heterocycles. The summed E-state index contributed by atoms with van der Waals surface area (Å²) >= 11 is 0. The number of carbonyl (C=O) groups excluding carboxylic acids is 1. The summed E-state index contributed by atoms with van der Waals surface area (Å²) < 4.78 is 27.8. The molecule has 1 aliphatic rings. The average molecular weight is 421 g/mol. The molecule has 1 atom stereocenters. The van der Waals surface area contributed by atoms with Crippen LogP contribution in [0.2, 0.25) is 0 Å². The minimum absolute atomic E-state index is 0. The predicted molar refractivity (Wildman–Crippen MR) is 112 cm³/mol. The Morgan fingerprint density at radius 2 is 1.86 bits per heavy atom. The van der Waals surface area contributed by atoms with Gasteiger partial charge in [-0.15, -0.1) is 12.4 Å². The fourth-order valence-corrected chi connectivity index (χ4v) is 3.88. The van der Waals surface area contributed by atoms with Gasteiger partial charge in [0.1, 0.15) is 17.3 Å². The lowest BCUT2D eigenvalue weighted by Crippen LogP contribution is -2.40. The van der Waals surface area contributed by atoms with E-state index in [1.807, 2.05) is 0 Å². The molecule has 0 unspecified atom stereocenters. The van der Waals surface area contributed by atoms with Crippen molar-refractivity contribution in [2.75, 3.05) is 13.1 Å². The number of nitrogens with two attached hydrogens (primary N) is 2. The van der Waals surface area contributed by atoms with Crippen molar-refractivity contribution in [3.05, 3.63) is 59.3 Å². The van der Waals surface area contributed by atoms with E-state index in [-0.39, 0.29) is 36.7 Å². The summed E-state index contributed by atoms with van der Waals surface area (Å²) in [5.74, 6) is -1.00. The second-order valence-corrected chi connectivity index (χ2v) is 7.24. The van der Waals surface area contributed by atoms with Gasteiger partial charge in [-0.1, -0.05) is 6.07 Å². The molecule has 8 heteroatoms. The molecule has 5 nitrogen and oxygen atoms in total. The van der Waals surface area contributed by atoms with Gasteiger partial charge in [0, 0.05) is 35.6 Å². The van der Waals surface area contributed by atoms with Gasteiger partial charge in [0.05, 0.1) is 0 Å². The molecule has 0 bridgehead atoms. The van der Waals surface area contributed by atoms with E-state index in [4.69, 9.17) is 11.5 Å². The van der Waals surface area contributed by atoms with Crippen molar-refractivity contribution in [3.63, 3.8) is 0 Å². The Morgan fingerprint density at radius 3 is 2.62 bits per heavy atom. The molecule has 4 rings (SSSR count). The van der Waals surface area contributed by atoms with Crippen molar-refractivity contribution in [2.24, 2.45) is 11.5 Å². The quantitative estimate of drug-likeness (QED) is 0.589. The zero-order valence-corrected chi connectivity index (χ0v) is 16.6. The maximum atomic E-state index is 14.0. The maximum absolute atomic E-state index is 14.0. The highest BCUT2D eigenvalue weighted by Crippen LogP contribution is 2.38. The number of aromatic nitrogens is 1. The Labute approximate surface area is 173 Å². The number of aromatic amines is 1. The summed E-state index contributed by atoms with van der Waals surface area (Å²) in [7, 11) is 0. The molecule has 0 aliphatic carbocycles. The average Bonchev–Trinajstić information content (AvgIpc) is 2.99. The number of carbonyl (C=O) groups is 1. The Hall–Kier alpha value is -2.48. The molecule has 1 amide bonds. The van der Waals surface area contributed by atoms with Crippen molar-refractivity contribution in [2.45, 2.75) is 25.4 Å². The van der Waals surface area contributed by atoms with Crippen molar-refractivity contribution in [3.8, 4) is 11.1 Å². The van der Waals surface area contributed by atoms with Crippen LogP contribution in [0.25, 0.3) is 22.0 Å². The first-order valence-corrected chi connectivity index (χ1v) is 9.33. The summed E-state index contributed by atoms with van der Waals surface area (Å²) in [6.07, 6.45) is 1.46. The SMILES string of the molecule is Cl.NCCC[C@H](N)CN1Cc2cc(F)ccc2-c2c([nH]c3ccc(F)cc23)C1=O. The lowest BCUT2D eigenvalue weighted by molar-refractivity contribution is 0.0729. The molecule has 2 aromatic carbocycles. The number of amides is 1. The first-order chi connectivity index (χ1) is 13.5. The standard InChI is InChI=1S/C21H22F2N4O.ClH/c22-13-3-5-16-12(8-13)10-27(11-15(25)2-1-7-24)21(28)20-19(16)17-9-14(23)4-6-18(17)26-20;/h3-6,8-9,15,26H,1-2,7,10-11,24-25H2;1H/t15-;/m0./s1. The number of nitrogens with one attached hydrogen (secondary N) is 1. The molecule has 1 aromatic heterocycles. The molecule has 0 fully saturated rings. The topological polar surface area (TPSA) is 88.1 Å². The number of H-pyrrole nitrogens is 1. The van der Waals surface area contributed by atoms with Crippen LogP contribution >= 0.6 is 12.4 Å². The molecule has 0 spiro atoms. The molecule has 0 saturated heterocycles. The van der Waals surface area contributed by atoms with Crippen LogP contribution in [0.15, 0.2) is 36.4 Å². The Balaban J connectivity index is 0.00000240. The van der Waals surface area contributed by atoms with Crippen LogP contribution < -0.4 is 11.5 Å². The second kappa shape index (κ2) is 8.49. The van der Waals surface area contributed by atoms with Crippen LogP contribution in [0.3, 0.4) is 0 Å². The van der Waals surface area contributed by atoms with Crippen LogP contribution in [-0.4, -0.2) is 34.9 Å². The summed E-state index contributed by atoms with van der Waals surface area (Å²) in [4.78, 5) is 18.0. The summed E-state index contributed by atoms with van der Waals surface area (Å²) in [5, 5.41) is 0.602. The van der Waals surface area contributed by atoms with Gasteiger partial charge in [0.15, 0.2) is 0 Å². The number of hydrogen-bond donors (Lipinski definition) is 3. The number of nitrogens with zero attached hydrogens (tertiary/aromatic N) is 1. The van der Waals surface area contributed by atoms with Crippen molar-refractivity contribution in [1.29, 1.82) is 0 Å². The highest BCUT2D eigenvalue weighted by atomic mass is 35.5. The Bertz CT molecular complexity index is 1050. The molecule has 0 saturated carbocycles.